The molecule has 0 aromatic heterocycles. The number of fused-ring (bicyclic) bond motifs is 1. The lowest BCUT2D eigenvalue weighted by Crippen LogP contribution is -2.49. The summed E-state index contributed by atoms with van der Waals surface area (Å²) in [4.78, 5) is 26.5. The van der Waals surface area contributed by atoms with Crippen molar-refractivity contribution >= 4 is 27.5 Å². The topological polar surface area (TPSA) is 110 Å². The first kappa shape index (κ1) is 23.3. The highest BCUT2D eigenvalue weighted by Gasteiger charge is 2.32. The Morgan fingerprint density at radius 3 is 2.30 bits per heavy atom. The molecule has 9 heteroatoms. The normalized spacial score (nSPS) is 19.3. The number of nitrogens with zero attached hydrogens (tertiary/aromatic N) is 2. The highest BCUT2D eigenvalue weighted by molar-refractivity contribution is 7.89. The lowest BCUT2D eigenvalue weighted by molar-refractivity contribution is -0.125. The summed E-state index contributed by atoms with van der Waals surface area (Å²) < 4.78 is 33.1. The van der Waals surface area contributed by atoms with Crippen molar-refractivity contribution in [1.82, 2.24) is 4.31 Å². The molecule has 1 atom stereocenters. The van der Waals surface area contributed by atoms with Crippen molar-refractivity contribution in [3.8, 4) is 5.75 Å². The first-order chi connectivity index (χ1) is 15.9. The zero-order valence-electron chi connectivity index (χ0n) is 18.5. The monoisotopic (exact) mass is 471 g/mol. The number of nitrogens with two attached hydrogens (primary N) is 1. The number of hydrogen-bond donors (Lipinski definition) is 1. The minimum absolute atomic E-state index is 0.0677. The summed E-state index contributed by atoms with van der Waals surface area (Å²) in [5.41, 5.74) is 6.89. The zero-order valence-corrected chi connectivity index (χ0v) is 19.3. The second-order valence-electron chi connectivity index (χ2n) is 8.44. The maximum absolute atomic E-state index is 13.0. The minimum atomic E-state index is -3.50. The predicted molar refractivity (Wildman–Crippen MR) is 124 cm³/mol. The summed E-state index contributed by atoms with van der Waals surface area (Å²) in [6.07, 6.45) is 3.66. The fraction of sp³-hybridized carbons (Fsp3) is 0.417. The largest absolute Gasteiger partial charge is 0.477 e. The predicted octanol–water partition coefficient (Wildman–Crippen LogP) is 2.46. The number of hydrogen-bond acceptors (Lipinski definition) is 5. The molecule has 33 heavy (non-hydrogen) atoms. The zero-order chi connectivity index (χ0) is 23.4. The van der Waals surface area contributed by atoms with Crippen molar-refractivity contribution in [2.24, 2.45) is 5.73 Å². The molecule has 1 fully saturated rings. The van der Waals surface area contributed by atoms with E-state index in [4.69, 9.17) is 10.5 Å². The van der Waals surface area contributed by atoms with Crippen LogP contribution in [0.15, 0.2) is 53.4 Å². The van der Waals surface area contributed by atoms with Gasteiger partial charge in [-0.2, -0.15) is 4.31 Å². The summed E-state index contributed by atoms with van der Waals surface area (Å²) in [6.45, 7) is 1.19. The van der Waals surface area contributed by atoms with Gasteiger partial charge in [-0.3, -0.25) is 9.59 Å². The maximum Gasteiger partial charge on any atom is 0.260 e. The highest BCUT2D eigenvalue weighted by Crippen LogP contribution is 2.33. The molecule has 176 valence electrons. The van der Waals surface area contributed by atoms with Crippen molar-refractivity contribution in [2.45, 2.75) is 49.5 Å². The highest BCUT2D eigenvalue weighted by atomic mass is 32.2. The molecule has 2 aromatic carbocycles. The lowest BCUT2D eigenvalue weighted by Gasteiger charge is -2.33. The molecule has 8 nitrogen and oxygen atoms in total. The molecule has 0 bridgehead atoms. The molecule has 1 saturated heterocycles. The number of anilines is 1. The third kappa shape index (κ3) is 5.20. The van der Waals surface area contributed by atoms with Gasteiger partial charge in [0, 0.05) is 19.5 Å². The van der Waals surface area contributed by atoms with Gasteiger partial charge in [0.2, 0.25) is 15.9 Å². The second-order valence-corrected chi connectivity index (χ2v) is 10.4. The molecule has 0 saturated carbocycles. The second kappa shape index (κ2) is 9.93. The number of aryl methyl sites for hydroxylation is 1. The number of sulfonamides is 1. The third-order valence-electron chi connectivity index (χ3n) is 6.15. The van der Waals surface area contributed by atoms with Gasteiger partial charge in [-0.05, 0) is 49.1 Å². The fourth-order valence-corrected chi connectivity index (χ4v) is 5.78. The summed E-state index contributed by atoms with van der Waals surface area (Å²) in [5.74, 6) is -0.328. The van der Waals surface area contributed by atoms with Crippen LogP contribution in [0.2, 0.25) is 0 Å². The van der Waals surface area contributed by atoms with E-state index in [0.717, 1.165) is 31.2 Å². The molecule has 2 heterocycles. The molecular formula is C24H29N3O5S. The number of para-hydroxylation sites is 2. The minimum Gasteiger partial charge on any atom is -0.477 e. The molecule has 0 spiro atoms. The van der Waals surface area contributed by atoms with E-state index in [1.807, 2.05) is 0 Å². The van der Waals surface area contributed by atoms with Gasteiger partial charge in [-0.25, -0.2) is 8.42 Å². The Balaban J connectivity index is 1.42. The van der Waals surface area contributed by atoms with Gasteiger partial charge in [-0.15, -0.1) is 0 Å². The Morgan fingerprint density at radius 2 is 1.64 bits per heavy atom. The Hall–Kier alpha value is -2.91. The summed E-state index contributed by atoms with van der Waals surface area (Å²) >= 11 is 0. The van der Waals surface area contributed by atoms with E-state index in [9.17, 15) is 18.0 Å². The number of ether oxygens (including phenoxy) is 1. The number of carbonyl (C=O) groups is 2. The van der Waals surface area contributed by atoms with E-state index in [2.05, 4.69) is 0 Å². The smallest absolute Gasteiger partial charge is 0.260 e. The summed E-state index contributed by atoms with van der Waals surface area (Å²) in [5, 5.41) is 0. The number of primary amides is 1. The van der Waals surface area contributed by atoms with E-state index in [1.165, 1.54) is 4.90 Å². The molecular weight excluding hydrogens is 442 g/mol. The van der Waals surface area contributed by atoms with Crippen LogP contribution in [0, 0.1) is 0 Å². The fourth-order valence-electron chi connectivity index (χ4n) is 4.26. The van der Waals surface area contributed by atoms with Gasteiger partial charge in [0.25, 0.3) is 5.91 Å². The van der Waals surface area contributed by atoms with Gasteiger partial charge in [0.1, 0.15) is 5.75 Å². The van der Waals surface area contributed by atoms with Gasteiger partial charge in [0.05, 0.1) is 17.1 Å². The molecule has 2 aliphatic rings. The van der Waals surface area contributed by atoms with Gasteiger partial charge >= 0.3 is 0 Å². The van der Waals surface area contributed by atoms with Crippen molar-refractivity contribution in [3.63, 3.8) is 0 Å². The maximum atomic E-state index is 13.0. The SMILES string of the molecule is NC(=O)[C@H]1CN(C(=O)CCc2ccc(S(=O)(=O)N3CCCCCC3)cc2)c2ccccc2O1. The Morgan fingerprint density at radius 1 is 0.970 bits per heavy atom. The number of rotatable bonds is 6. The van der Waals surface area contributed by atoms with Crippen molar-refractivity contribution < 1.29 is 22.7 Å². The molecule has 2 N–H and O–H groups in total. The number of amides is 2. The average Bonchev–Trinajstić information content (AvgIpc) is 3.12. The van der Waals surface area contributed by atoms with Crippen LogP contribution in [0.25, 0.3) is 0 Å². The van der Waals surface area contributed by atoms with Crippen LogP contribution in [0.4, 0.5) is 5.69 Å². The molecule has 2 aromatic rings. The molecule has 2 amide bonds. The summed E-state index contributed by atoms with van der Waals surface area (Å²) in [7, 11) is -3.50. The van der Waals surface area contributed by atoms with Crippen LogP contribution in [0.3, 0.4) is 0 Å². The first-order valence-electron chi connectivity index (χ1n) is 11.3. The average molecular weight is 472 g/mol. The number of carbonyl (C=O) groups excluding carboxylic acids is 2. The van der Waals surface area contributed by atoms with Gasteiger partial charge in [0.15, 0.2) is 6.10 Å². The third-order valence-corrected chi connectivity index (χ3v) is 8.06. The van der Waals surface area contributed by atoms with Crippen LogP contribution in [0.5, 0.6) is 5.75 Å². The van der Waals surface area contributed by atoms with E-state index >= 15 is 0 Å². The van der Waals surface area contributed by atoms with Crippen molar-refractivity contribution in [3.05, 3.63) is 54.1 Å². The first-order valence-corrected chi connectivity index (χ1v) is 12.7. The van der Waals surface area contributed by atoms with Crippen LogP contribution in [-0.4, -0.2) is 50.3 Å². The molecule has 4 rings (SSSR count). The van der Waals surface area contributed by atoms with Crippen LogP contribution in [-0.2, 0) is 26.0 Å². The van der Waals surface area contributed by atoms with Crippen molar-refractivity contribution in [1.29, 1.82) is 0 Å². The standard InChI is InChI=1S/C24H29N3O5S/c25-24(29)22-17-27(20-7-3-4-8-21(20)32-22)23(28)14-11-18-9-12-19(13-10-18)33(30,31)26-15-5-1-2-6-16-26/h3-4,7-10,12-13,22H,1-2,5-6,11,14-17H2,(H2,25,29)/t22-/m1/s1. The van der Waals surface area contributed by atoms with E-state index < -0.39 is 22.0 Å². The van der Waals surface area contributed by atoms with Crippen LogP contribution >= 0.6 is 0 Å². The van der Waals surface area contributed by atoms with Crippen LogP contribution in [0.1, 0.15) is 37.7 Å². The van der Waals surface area contributed by atoms with Crippen molar-refractivity contribution in [2.75, 3.05) is 24.5 Å². The van der Waals surface area contributed by atoms with Gasteiger partial charge in [-0.1, -0.05) is 37.1 Å². The quantitative estimate of drug-likeness (QED) is 0.696. The molecule has 0 radical (unpaired) electrons. The Bertz CT molecular complexity index is 1110. The number of benzene rings is 2. The summed E-state index contributed by atoms with van der Waals surface area (Å²) in [6, 6.07) is 13.8. The Labute approximate surface area is 194 Å². The van der Waals surface area contributed by atoms with E-state index in [1.54, 1.807) is 52.8 Å². The van der Waals surface area contributed by atoms with Gasteiger partial charge < -0.3 is 15.4 Å². The van der Waals surface area contributed by atoms with E-state index in [-0.39, 0.29) is 23.8 Å². The molecule has 2 aliphatic heterocycles. The Kier molecular flexibility index (Phi) is 6.99. The molecule has 0 aliphatic carbocycles. The van der Waals surface area contributed by atoms with Crippen LogP contribution < -0.4 is 15.4 Å². The molecule has 0 unspecified atom stereocenters. The lowest BCUT2D eigenvalue weighted by atomic mass is 10.1. The van der Waals surface area contributed by atoms with E-state index in [0.29, 0.717) is 30.9 Å².